The number of hydrogen-bond acceptors (Lipinski definition) is 4. The first kappa shape index (κ1) is 20.9. The van der Waals surface area contributed by atoms with E-state index >= 15 is 0 Å². The Hall–Kier alpha value is -3.48. The summed E-state index contributed by atoms with van der Waals surface area (Å²) in [5.74, 6) is 2.06. The van der Waals surface area contributed by atoms with Gasteiger partial charge in [-0.25, -0.2) is 9.97 Å². The first-order valence-electron chi connectivity index (χ1n) is 12.8. The summed E-state index contributed by atoms with van der Waals surface area (Å²) in [6, 6.07) is 16.1. The van der Waals surface area contributed by atoms with Crippen molar-refractivity contribution in [2.45, 2.75) is 44.2 Å². The summed E-state index contributed by atoms with van der Waals surface area (Å²) in [6.07, 6.45) is 7.40. The minimum absolute atomic E-state index is 0.138. The highest BCUT2D eigenvalue weighted by molar-refractivity contribution is 5.76. The van der Waals surface area contributed by atoms with E-state index in [1.54, 1.807) is 0 Å². The summed E-state index contributed by atoms with van der Waals surface area (Å²) < 4.78 is 0. The lowest BCUT2D eigenvalue weighted by Gasteiger charge is -2.16. The van der Waals surface area contributed by atoms with Gasteiger partial charge in [-0.15, -0.1) is 0 Å². The van der Waals surface area contributed by atoms with Crippen LogP contribution in [0.2, 0.25) is 0 Å². The third-order valence-electron chi connectivity index (χ3n) is 7.79. The van der Waals surface area contributed by atoms with Crippen molar-refractivity contribution >= 4 is 0 Å². The molecule has 6 heteroatoms. The summed E-state index contributed by atoms with van der Waals surface area (Å²) in [6.45, 7) is 6.23. The van der Waals surface area contributed by atoms with Gasteiger partial charge >= 0.3 is 0 Å². The minimum Gasteiger partial charge on any atom is -0.344 e. The normalized spacial score (nSPS) is 21.3. The van der Waals surface area contributed by atoms with E-state index in [-0.39, 0.29) is 6.04 Å². The van der Waals surface area contributed by atoms with Crippen LogP contribution in [0.1, 0.15) is 54.3 Å². The quantitative estimate of drug-likeness (QED) is 0.312. The number of aromatic nitrogens is 4. The molecule has 0 bridgehead atoms. The maximum Gasteiger partial charge on any atom is 0.127 e. The number of fused-ring (bicyclic) bond motifs is 3. The Morgan fingerprint density at radius 2 is 1.69 bits per heavy atom. The predicted molar refractivity (Wildman–Crippen MR) is 139 cm³/mol. The molecule has 3 aliphatic rings. The highest BCUT2D eigenvalue weighted by atomic mass is 15.1. The third kappa shape index (κ3) is 3.65. The Morgan fingerprint density at radius 3 is 2.49 bits per heavy atom. The van der Waals surface area contributed by atoms with Gasteiger partial charge in [-0.1, -0.05) is 54.6 Å². The number of hydrogen-bond donors (Lipinski definition) is 4. The van der Waals surface area contributed by atoms with E-state index in [4.69, 9.17) is 4.98 Å². The maximum atomic E-state index is 5.02. The van der Waals surface area contributed by atoms with Crippen molar-refractivity contribution < 1.29 is 0 Å². The van der Waals surface area contributed by atoms with Crippen molar-refractivity contribution in [1.82, 2.24) is 30.6 Å². The van der Waals surface area contributed by atoms with Crippen LogP contribution >= 0.6 is 0 Å². The molecule has 6 nitrogen and oxygen atoms in total. The van der Waals surface area contributed by atoms with Crippen LogP contribution in [0.5, 0.6) is 0 Å². The van der Waals surface area contributed by atoms with Gasteiger partial charge in [0.05, 0.1) is 29.7 Å². The molecular weight excluding hydrogens is 432 g/mol. The topological polar surface area (TPSA) is 81.4 Å². The molecule has 0 radical (unpaired) electrons. The lowest BCUT2D eigenvalue weighted by atomic mass is 9.89. The molecule has 4 heterocycles. The monoisotopic (exact) mass is 462 g/mol. The molecule has 2 aromatic carbocycles. The van der Waals surface area contributed by atoms with Crippen molar-refractivity contribution in [3.8, 4) is 33.6 Å². The Balaban J connectivity index is 1.13. The first-order chi connectivity index (χ1) is 17.2. The molecule has 0 spiro atoms. The van der Waals surface area contributed by atoms with E-state index in [1.807, 2.05) is 6.20 Å². The van der Waals surface area contributed by atoms with Crippen LogP contribution in [0.25, 0.3) is 33.6 Å². The zero-order valence-corrected chi connectivity index (χ0v) is 19.8. The molecule has 0 amide bonds. The van der Waals surface area contributed by atoms with Crippen molar-refractivity contribution in [1.29, 1.82) is 0 Å². The number of aryl methyl sites for hydroxylation is 2. The number of nitrogens with one attached hydrogen (secondary N) is 4. The fourth-order valence-electron chi connectivity index (χ4n) is 5.82. The van der Waals surface area contributed by atoms with Crippen molar-refractivity contribution in [3.63, 3.8) is 0 Å². The van der Waals surface area contributed by atoms with E-state index in [2.05, 4.69) is 74.6 Å². The molecule has 2 aliphatic heterocycles. The standard InChI is InChI=1S/C29H30N6/c1-17-12-14-31-26(17)29-32-16-25(34-29)19-6-4-18(5-7-19)20-8-10-22-21(15-20)9-11-23-27(22)35-28(33-23)24-3-2-13-30-24/h4-8,10,15-16,24,26,30-31H,1-3,9,11-14H2,(H,32,34)(H,33,35)/t24-,26-/m0/s1. The fourth-order valence-corrected chi connectivity index (χ4v) is 5.82. The largest absolute Gasteiger partial charge is 0.344 e. The van der Waals surface area contributed by atoms with Gasteiger partial charge < -0.3 is 20.6 Å². The molecular formula is C29H30N6. The maximum absolute atomic E-state index is 5.02. The summed E-state index contributed by atoms with van der Waals surface area (Å²) in [5, 5.41) is 7.03. The molecule has 7 rings (SSSR count). The van der Waals surface area contributed by atoms with E-state index in [1.165, 1.54) is 46.4 Å². The Labute approximate surface area is 205 Å². The zero-order valence-electron chi connectivity index (χ0n) is 19.8. The number of aromatic amines is 2. The van der Waals surface area contributed by atoms with Gasteiger partial charge in [0.15, 0.2) is 0 Å². The van der Waals surface area contributed by atoms with Crippen LogP contribution in [0.3, 0.4) is 0 Å². The number of benzene rings is 2. The molecule has 1 aliphatic carbocycles. The molecule has 4 N–H and O–H groups in total. The summed E-state index contributed by atoms with van der Waals surface area (Å²) >= 11 is 0. The highest BCUT2D eigenvalue weighted by Crippen LogP contribution is 2.36. The highest BCUT2D eigenvalue weighted by Gasteiger charge is 2.26. The summed E-state index contributed by atoms with van der Waals surface area (Å²) in [7, 11) is 0. The second kappa shape index (κ2) is 8.33. The fraction of sp³-hybridized carbons (Fsp3) is 0.310. The van der Waals surface area contributed by atoms with E-state index in [0.717, 1.165) is 61.0 Å². The van der Waals surface area contributed by atoms with Crippen LogP contribution in [-0.2, 0) is 12.8 Å². The van der Waals surface area contributed by atoms with Crippen molar-refractivity contribution in [3.05, 3.63) is 83.7 Å². The van der Waals surface area contributed by atoms with Gasteiger partial charge in [0, 0.05) is 11.3 Å². The van der Waals surface area contributed by atoms with Crippen LogP contribution in [0.4, 0.5) is 0 Å². The second-order valence-corrected chi connectivity index (χ2v) is 10.0. The Morgan fingerprint density at radius 1 is 0.829 bits per heavy atom. The van der Waals surface area contributed by atoms with Crippen molar-refractivity contribution in [2.75, 3.05) is 13.1 Å². The molecule has 2 fully saturated rings. The molecule has 4 aromatic rings. The van der Waals surface area contributed by atoms with Gasteiger partial charge in [0.25, 0.3) is 0 Å². The molecule has 0 saturated carbocycles. The molecule has 0 unspecified atom stereocenters. The molecule has 35 heavy (non-hydrogen) atoms. The van der Waals surface area contributed by atoms with E-state index < -0.39 is 0 Å². The smallest absolute Gasteiger partial charge is 0.127 e. The van der Waals surface area contributed by atoms with Gasteiger partial charge in [-0.05, 0) is 67.4 Å². The Bertz CT molecular complexity index is 1400. The van der Waals surface area contributed by atoms with Gasteiger partial charge in [0.2, 0.25) is 0 Å². The van der Waals surface area contributed by atoms with Crippen LogP contribution < -0.4 is 10.6 Å². The van der Waals surface area contributed by atoms with Crippen LogP contribution in [0.15, 0.2) is 60.8 Å². The summed E-state index contributed by atoms with van der Waals surface area (Å²) in [5.41, 5.74) is 11.0. The number of rotatable bonds is 4. The molecule has 176 valence electrons. The molecule has 2 aromatic heterocycles. The van der Waals surface area contributed by atoms with Gasteiger partial charge in [0.1, 0.15) is 11.6 Å². The third-order valence-corrected chi connectivity index (χ3v) is 7.79. The first-order valence-corrected chi connectivity index (χ1v) is 12.8. The van der Waals surface area contributed by atoms with Crippen LogP contribution in [-0.4, -0.2) is 33.0 Å². The van der Waals surface area contributed by atoms with Crippen LogP contribution in [0, 0.1) is 0 Å². The number of imidazole rings is 2. The number of nitrogens with zero attached hydrogens (tertiary/aromatic N) is 2. The SMILES string of the molecule is C=C1CCN[C@@H]1c1ncc(-c2ccc(-c3ccc4c(c3)CCc3[nH]c([C@@H]5CCCN5)nc3-4)cc2)[nH]1. The Kier molecular flexibility index (Phi) is 4.96. The zero-order chi connectivity index (χ0) is 23.4. The average Bonchev–Trinajstić information content (AvgIpc) is 3.70. The van der Waals surface area contributed by atoms with Gasteiger partial charge in [-0.3, -0.25) is 0 Å². The number of H-pyrrole nitrogens is 2. The van der Waals surface area contributed by atoms with E-state index in [0.29, 0.717) is 6.04 Å². The van der Waals surface area contributed by atoms with Gasteiger partial charge in [-0.2, -0.15) is 0 Å². The molecule has 2 atom stereocenters. The second-order valence-electron chi connectivity index (χ2n) is 10.0. The lowest BCUT2D eigenvalue weighted by Crippen LogP contribution is -2.14. The van der Waals surface area contributed by atoms with Crippen molar-refractivity contribution in [2.24, 2.45) is 0 Å². The predicted octanol–water partition coefficient (Wildman–Crippen LogP) is 5.25. The molecule has 2 saturated heterocycles. The minimum atomic E-state index is 0.138. The lowest BCUT2D eigenvalue weighted by molar-refractivity contribution is 0.611. The van der Waals surface area contributed by atoms with E-state index in [9.17, 15) is 0 Å². The summed E-state index contributed by atoms with van der Waals surface area (Å²) in [4.78, 5) is 16.7. The average molecular weight is 463 g/mol.